The van der Waals surface area contributed by atoms with E-state index in [0.29, 0.717) is 27.2 Å². The number of nitrogens with zero attached hydrogens (tertiary/aromatic N) is 2. The number of carbonyl (C=O) groups excluding carboxylic acids is 1. The topological polar surface area (TPSA) is 69.9 Å². The Bertz CT molecular complexity index is 1480. The number of rotatable bonds is 7. The molecule has 1 aliphatic rings. The summed E-state index contributed by atoms with van der Waals surface area (Å²) in [5, 5.41) is 0. The van der Waals surface area contributed by atoms with Crippen LogP contribution in [0.15, 0.2) is 76.2 Å². The molecular formula is C26H22I2N2O4S. The van der Waals surface area contributed by atoms with Gasteiger partial charge in [0.1, 0.15) is 12.4 Å². The molecule has 0 radical (unpaired) electrons. The molecule has 0 aliphatic carbocycles. The second-order valence-corrected chi connectivity index (χ2v) is 11.0. The highest BCUT2D eigenvalue weighted by Crippen LogP contribution is 2.31. The van der Waals surface area contributed by atoms with Crippen molar-refractivity contribution in [1.29, 1.82) is 0 Å². The van der Waals surface area contributed by atoms with Gasteiger partial charge in [0.15, 0.2) is 4.80 Å². The third-order valence-corrected chi connectivity index (χ3v) is 7.88. The first-order chi connectivity index (χ1) is 16.8. The minimum Gasteiger partial charge on any atom is -0.487 e. The minimum absolute atomic E-state index is 0.200. The first-order valence-corrected chi connectivity index (χ1v) is 13.8. The highest BCUT2D eigenvalue weighted by molar-refractivity contribution is 14.1. The number of hydrogen-bond donors (Lipinski definition) is 0. The number of ether oxygens (including phenoxy) is 2. The molecule has 180 valence electrons. The fraction of sp³-hybridized carbons (Fsp3) is 0.192. The van der Waals surface area contributed by atoms with Crippen molar-refractivity contribution in [2.24, 2.45) is 4.99 Å². The lowest BCUT2D eigenvalue weighted by Gasteiger charge is -2.24. The normalized spacial score (nSPS) is 15.4. The third-order valence-electron chi connectivity index (χ3n) is 5.30. The van der Waals surface area contributed by atoms with Crippen molar-refractivity contribution in [2.45, 2.75) is 19.9 Å². The van der Waals surface area contributed by atoms with Gasteiger partial charge in [-0.2, -0.15) is 0 Å². The van der Waals surface area contributed by atoms with Crippen LogP contribution < -0.4 is 19.6 Å². The molecule has 6 nitrogen and oxygen atoms in total. The van der Waals surface area contributed by atoms with E-state index in [1.807, 2.05) is 48.5 Å². The Balaban J connectivity index is 1.88. The Hall–Kier alpha value is -2.25. The number of benzene rings is 2. The molecule has 0 unspecified atom stereocenters. The molecule has 1 aliphatic heterocycles. The Morgan fingerprint density at radius 3 is 2.54 bits per heavy atom. The van der Waals surface area contributed by atoms with Gasteiger partial charge < -0.3 is 9.47 Å². The highest BCUT2D eigenvalue weighted by atomic mass is 127. The molecule has 9 heteroatoms. The van der Waals surface area contributed by atoms with Crippen LogP contribution in [-0.4, -0.2) is 23.8 Å². The van der Waals surface area contributed by atoms with Crippen LogP contribution in [0.1, 0.15) is 31.0 Å². The lowest BCUT2D eigenvalue weighted by atomic mass is 9.96. The Morgan fingerprint density at radius 2 is 1.91 bits per heavy atom. The maximum Gasteiger partial charge on any atom is 0.338 e. The van der Waals surface area contributed by atoms with Crippen LogP contribution in [0.25, 0.3) is 6.08 Å². The summed E-state index contributed by atoms with van der Waals surface area (Å²) in [7, 11) is 0. The van der Waals surface area contributed by atoms with Gasteiger partial charge in [-0.05, 0) is 88.4 Å². The van der Waals surface area contributed by atoms with Crippen LogP contribution in [0.3, 0.4) is 0 Å². The maximum atomic E-state index is 13.7. The van der Waals surface area contributed by atoms with Crippen molar-refractivity contribution in [3.05, 3.63) is 104 Å². The monoisotopic (exact) mass is 712 g/mol. The van der Waals surface area contributed by atoms with E-state index in [-0.39, 0.29) is 12.2 Å². The van der Waals surface area contributed by atoms with Crippen molar-refractivity contribution in [1.82, 2.24) is 4.57 Å². The molecule has 2 heterocycles. The molecule has 0 saturated heterocycles. The molecule has 0 saturated carbocycles. The predicted molar refractivity (Wildman–Crippen MR) is 154 cm³/mol. The molecule has 1 aromatic heterocycles. The van der Waals surface area contributed by atoms with Crippen molar-refractivity contribution in [2.75, 3.05) is 13.2 Å². The second kappa shape index (κ2) is 11.2. The number of fused-ring (bicyclic) bond motifs is 1. The standard InChI is InChI=1S/C26H22I2N2O4S/c1-4-11-34-23-18(27)12-16(13-19(23)28)14-20-24(31)30-22(17-9-7-6-8-10-17)21(25(32)33-5-2)15(3)29-26(30)35-20/h4,6-10,12-14,22H,1,5,11H2,2-3H3/b20-14-/t22-/m1/s1. The van der Waals surface area contributed by atoms with E-state index in [1.165, 1.54) is 11.3 Å². The number of carbonyl (C=O) groups is 1. The number of thiazole rings is 1. The smallest absolute Gasteiger partial charge is 0.338 e. The number of aromatic nitrogens is 1. The van der Waals surface area contributed by atoms with Gasteiger partial charge in [-0.1, -0.05) is 54.3 Å². The van der Waals surface area contributed by atoms with Crippen LogP contribution in [0.4, 0.5) is 0 Å². The van der Waals surface area contributed by atoms with Gasteiger partial charge in [-0.15, -0.1) is 0 Å². The second-order valence-electron chi connectivity index (χ2n) is 7.63. The van der Waals surface area contributed by atoms with E-state index >= 15 is 0 Å². The maximum absolute atomic E-state index is 13.7. The third kappa shape index (κ3) is 5.31. The molecule has 0 spiro atoms. The summed E-state index contributed by atoms with van der Waals surface area (Å²) in [5.74, 6) is 0.333. The molecule has 4 rings (SSSR count). The van der Waals surface area contributed by atoms with Gasteiger partial charge in [-0.25, -0.2) is 9.79 Å². The molecule has 2 aromatic carbocycles. The summed E-state index contributed by atoms with van der Waals surface area (Å²) in [6, 6.07) is 12.8. The van der Waals surface area contributed by atoms with Crippen LogP contribution in [0, 0.1) is 7.14 Å². The summed E-state index contributed by atoms with van der Waals surface area (Å²) in [6.45, 7) is 7.90. The van der Waals surface area contributed by atoms with E-state index in [9.17, 15) is 9.59 Å². The summed E-state index contributed by atoms with van der Waals surface area (Å²) >= 11 is 5.77. The molecule has 0 fully saturated rings. The molecule has 0 N–H and O–H groups in total. The van der Waals surface area contributed by atoms with E-state index in [1.54, 1.807) is 24.5 Å². The SMILES string of the molecule is C=CCOc1c(I)cc(/C=c2\sc3n(c2=O)[C@H](c2ccccc2)C(C(=O)OCC)=C(C)N=3)cc1I. The quantitative estimate of drug-likeness (QED) is 0.205. The Morgan fingerprint density at radius 1 is 1.23 bits per heavy atom. The van der Waals surface area contributed by atoms with Gasteiger partial charge in [0.25, 0.3) is 5.56 Å². The van der Waals surface area contributed by atoms with E-state index in [0.717, 1.165) is 24.0 Å². The number of halogens is 2. The largest absolute Gasteiger partial charge is 0.487 e. The first kappa shape index (κ1) is 25.8. The van der Waals surface area contributed by atoms with Crippen LogP contribution in [-0.2, 0) is 9.53 Å². The number of esters is 1. The summed E-state index contributed by atoms with van der Waals surface area (Å²) in [6.07, 6.45) is 3.56. The van der Waals surface area contributed by atoms with Crippen LogP contribution in [0.2, 0.25) is 0 Å². The molecular weight excluding hydrogens is 690 g/mol. The van der Waals surface area contributed by atoms with Gasteiger partial charge in [0.05, 0.1) is 35.6 Å². The summed E-state index contributed by atoms with van der Waals surface area (Å²) < 4.78 is 15.1. The molecule has 35 heavy (non-hydrogen) atoms. The molecule has 0 bridgehead atoms. The van der Waals surface area contributed by atoms with Gasteiger partial charge >= 0.3 is 5.97 Å². The summed E-state index contributed by atoms with van der Waals surface area (Å²) in [4.78, 5) is 31.8. The van der Waals surface area contributed by atoms with Gasteiger partial charge in [-0.3, -0.25) is 9.36 Å². The van der Waals surface area contributed by atoms with Crippen molar-refractivity contribution in [3.8, 4) is 5.75 Å². The zero-order chi connectivity index (χ0) is 25.1. The molecule has 3 aromatic rings. The highest BCUT2D eigenvalue weighted by Gasteiger charge is 2.33. The summed E-state index contributed by atoms with van der Waals surface area (Å²) in [5.41, 5.74) is 2.44. The number of hydrogen-bond acceptors (Lipinski definition) is 6. The van der Waals surface area contributed by atoms with Gasteiger partial charge in [0.2, 0.25) is 0 Å². The lowest BCUT2D eigenvalue weighted by molar-refractivity contribution is -0.139. The first-order valence-electron chi connectivity index (χ1n) is 10.8. The van der Waals surface area contributed by atoms with Crippen molar-refractivity contribution < 1.29 is 14.3 Å². The predicted octanol–water partition coefficient (Wildman–Crippen LogP) is 4.57. The van der Waals surface area contributed by atoms with Crippen molar-refractivity contribution >= 4 is 68.6 Å². The Labute approximate surface area is 234 Å². The van der Waals surface area contributed by atoms with E-state index < -0.39 is 12.0 Å². The lowest BCUT2D eigenvalue weighted by Crippen LogP contribution is -2.39. The van der Waals surface area contributed by atoms with Crippen LogP contribution >= 0.6 is 56.5 Å². The van der Waals surface area contributed by atoms with E-state index in [4.69, 9.17) is 9.47 Å². The molecule has 1 atom stereocenters. The fourth-order valence-corrected chi connectivity index (χ4v) is 7.01. The van der Waals surface area contributed by atoms with Crippen molar-refractivity contribution in [3.63, 3.8) is 0 Å². The average molecular weight is 712 g/mol. The van der Waals surface area contributed by atoms with E-state index in [2.05, 4.69) is 56.8 Å². The zero-order valence-corrected chi connectivity index (χ0v) is 24.2. The Kier molecular flexibility index (Phi) is 8.27. The fourth-order valence-electron chi connectivity index (χ4n) is 3.84. The molecule has 0 amide bonds. The number of allylic oxidation sites excluding steroid dienone is 1. The van der Waals surface area contributed by atoms with Crippen LogP contribution in [0.5, 0.6) is 5.75 Å². The average Bonchev–Trinajstić information content (AvgIpc) is 3.12. The minimum atomic E-state index is -0.608. The zero-order valence-electron chi connectivity index (χ0n) is 19.1. The van der Waals surface area contributed by atoms with Gasteiger partial charge in [0, 0.05) is 0 Å².